The van der Waals surface area contributed by atoms with E-state index in [1.807, 2.05) is 31.2 Å². The van der Waals surface area contributed by atoms with E-state index in [9.17, 15) is 13.2 Å². The molecule has 7 heteroatoms. The molecule has 26 heavy (non-hydrogen) atoms. The van der Waals surface area contributed by atoms with Crippen LogP contribution in [0.1, 0.15) is 18.1 Å². The minimum absolute atomic E-state index is 0.120. The number of benzene rings is 2. The Labute approximate surface area is 153 Å². The molecule has 3 rings (SSSR count). The maximum absolute atomic E-state index is 13.2. The second kappa shape index (κ2) is 7.47. The van der Waals surface area contributed by atoms with E-state index < -0.39 is 22.0 Å². The van der Waals surface area contributed by atoms with E-state index in [0.717, 1.165) is 11.1 Å². The van der Waals surface area contributed by atoms with Gasteiger partial charge in [-0.2, -0.15) is 4.31 Å². The Bertz CT molecular complexity index is 892. The van der Waals surface area contributed by atoms with Crippen LogP contribution in [0.15, 0.2) is 53.4 Å². The van der Waals surface area contributed by atoms with Gasteiger partial charge in [0.1, 0.15) is 11.8 Å². The maximum atomic E-state index is 13.2. The molecule has 6 nitrogen and oxygen atoms in total. The van der Waals surface area contributed by atoms with Crippen molar-refractivity contribution in [1.82, 2.24) is 4.31 Å². The van der Waals surface area contributed by atoms with Crippen LogP contribution in [0.4, 0.5) is 0 Å². The fourth-order valence-corrected chi connectivity index (χ4v) is 4.65. The molecule has 138 valence electrons. The van der Waals surface area contributed by atoms with Crippen molar-refractivity contribution in [3.8, 4) is 5.75 Å². The van der Waals surface area contributed by atoms with E-state index in [0.29, 0.717) is 18.8 Å². The van der Waals surface area contributed by atoms with E-state index in [-0.39, 0.29) is 11.4 Å². The van der Waals surface area contributed by atoms with Crippen LogP contribution in [0.2, 0.25) is 0 Å². The number of sulfonamides is 1. The Morgan fingerprint density at radius 2 is 1.77 bits per heavy atom. The van der Waals surface area contributed by atoms with Crippen molar-refractivity contribution in [1.29, 1.82) is 0 Å². The third kappa shape index (κ3) is 3.45. The minimum Gasteiger partial charge on any atom is -0.494 e. The first-order chi connectivity index (χ1) is 12.5. The van der Waals surface area contributed by atoms with Gasteiger partial charge in [0, 0.05) is 13.0 Å². The average Bonchev–Trinajstić information content (AvgIpc) is 2.67. The minimum atomic E-state index is -3.86. The molecule has 0 amide bonds. The number of rotatable bonds is 5. The quantitative estimate of drug-likeness (QED) is 0.750. The number of ether oxygens (including phenoxy) is 2. The van der Waals surface area contributed by atoms with E-state index in [1.54, 1.807) is 12.1 Å². The van der Waals surface area contributed by atoms with Crippen molar-refractivity contribution in [2.75, 3.05) is 13.7 Å². The van der Waals surface area contributed by atoms with Gasteiger partial charge in [-0.05, 0) is 42.3 Å². The molecule has 0 aromatic heterocycles. The molecule has 0 spiro atoms. The Kier molecular flexibility index (Phi) is 5.29. The lowest BCUT2D eigenvalue weighted by Crippen LogP contribution is -2.48. The number of fused-ring (bicyclic) bond motifs is 1. The van der Waals surface area contributed by atoms with Crippen LogP contribution in [0.5, 0.6) is 5.75 Å². The van der Waals surface area contributed by atoms with Crippen molar-refractivity contribution in [3.63, 3.8) is 0 Å². The molecule has 1 atom stereocenters. The lowest BCUT2D eigenvalue weighted by atomic mass is 9.96. The third-order valence-corrected chi connectivity index (χ3v) is 6.29. The summed E-state index contributed by atoms with van der Waals surface area (Å²) in [7, 11) is -2.60. The highest BCUT2D eigenvalue weighted by Gasteiger charge is 2.40. The number of hydrogen-bond donors (Lipinski definition) is 0. The number of nitrogens with zero attached hydrogens (tertiary/aromatic N) is 1. The molecule has 1 aliphatic heterocycles. The van der Waals surface area contributed by atoms with E-state index >= 15 is 0 Å². The summed E-state index contributed by atoms with van der Waals surface area (Å²) in [6, 6.07) is 12.9. The molecule has 2 aromatic carbocycles. The van der Waals surface area contributed by atoms with E-state index in [4.69, 9.17) is 9.47 Å². The van der Waals surface area contributed by atoms with Crippen LogP contribution in [-0.4, -0.2) is 38.5 Å². The molecule has 1 aliphatic rings. The van der Waals surface area contributed by atoms with Crippen molar-refractivity contribution >= 4 is 16.0 Å². The Hall–Kier alpha value is -2.38. The zero-order chi connectivity index (χ0) is 18.7. The second-order valence-corrected chi connectivity index (χ2v) is 7.86. The van der Waals surface area contributed by atoms with Crippen molar-refractivity contribution in [3.05, 3.63) is 59.7 Å². The largest absolute Gasteiger partial charge is 0.494 e. The average molecular weight is 375 g/mol. The highest BCUT2D eigenvalue weighted by molar-refractivity contribution is 7.89. The summed E-state index contributed by atoms with van der Waals surface area (Å²) in [5.74, 6) is 0.0361. The Balaban J connectivity index is 1.99. The summed E-state index contributed by atoms with van der Waals surface area (Å²) in [5.41, 5.74) is 1.85. The molecule has 0 saturated heterocycles. The zero-order valence-electron chi connectivity index (χ0n) is 14.7. The van der Waals surface area contributed by atoms with E-state index in [1.165, 1.54) is 23.5 Å². The molecule has 0 fully saturated rings. The highest BCUT2D eigenvalue weighted by atomic mass is 32.2. The summed E-state index contributed by atoms with van der Waals surface area (Å²) < 4.78 is 37.8. The summed E-state index contributed by atoms with van der Waals surface area (Å²) >= 11 is 0. The standard InChI is InChI=1S/C19H21NO5S/c1-3-25-16-8-10-17(11-9-16)26(22,23)20-13-15-7-5-4-6-14(15)12-18(20)19(21)24-2/h4-11,18H,3,12-13H2,1-2H3/t18-/m0/s1. The van der Waals surface area contributed by atoms with Crippen LogP contribution in [0, 0.1) is 0 Å². The predicted molar refractivity (Wildman–Crippen MR) is 96.3 cm³/mol. The number of hydrogen-bond acceptors (Lipinski definition) is 5. The Morgan fingerprint density at radius 1 is 1.12 bits per heavy atom. The van der Waals surface area contributed by atoms with Gasteiger partial charge in [-0.15, -0.1) is 0 Å². The summed E-state index contributed by atoms with van der Waals surface area (Å²) in [6.45, 7) is 2.49. The first kappa shape index (κ1) is 18.4. The molecule has 0 radical (unpaired) electrons. The molecular formula is C19H21NO5S. The zero-order valence-corrected chi connectivity index (χ0v) is 15.5. The molecule has 2 aromatic rings. The maximum Gasteiger partial charge on any atom is 0.324 e. The lowest BCUT2D eigenvalue weighted by molar-refractivity contribution is -0.145. The van der Waals surface area contributed by atoms with Crippen molar-refractivity contribution in [2.24, 2.45) is 0 Å². The number of carbonyl (C=O) groups is 1. The molecule has 0 saturated carbocycles. The van der Waals surface area contributed by atoms with Gasteiger partial charge in [-0.25, -0.2) is 8.42 Å². The highest BCUT2D eigenvalue weighted by Crippen LogP contribution is 2.30. The molecule has 0 N–H and O–H groups in total. The number of methoxy groups -OCH3 is 1. The van der Waals surface area contributed by atoms with Crippen molar-refractivity contribution < 1.29 is 22.7 Å². The lowest BCUT2D eigenvalue weighted by Gasteiger charge is -2.34. The SMILES string of the molecule is CCOc1ccc(S(=O)(=O)N2Cc3ccccc3C[C@H]2C(=O)OC)cc1. The summed E-state index contributed by atoms with van der Waals surface area (Å²) in [4.78, 5) is 12.4. The van der Waals surface area contributed by atoms with Crippen LogP contribution in [0.3, 0.4) is 0 Å². The molecule has 1 heterocycles. The van der Waals surface area contributed by atoms with Crippen molar-refractivity contribution in [2.45, 2.75) is 30.8 Å². The fraction of sp³-hybridized carbons (Fsp3) is 0.316. The first-order valence-electron chi connectivity index (χ1n) is 8.36. The van der Waals surface area contributed by atoms with Gasteiger partial charge in [0.2, 0.25) is 10.0 Å². The van der Waals surface area contributed by atoms with Gasteiger partial charge < -0.3 is 9.47 Å². The first-order valence-corrected chi connectivity index (χ1v) is 9.80. The Morgan fingerprint density at radius 3 is 2.38 bits per heavy atom. The molecule has 0 unspecified atom stereocenters. The van der Waals surface area contributed by atoms with Gasteiger partial charge in [-0.1, -0.05) is 24.3 Å². The van der Waals surface area contributed by atoms with Crippen LogP contribution < -0.4 is 4.74 Å². The van der Waals surface area contributed by atoms with Gasteiger partial charge >= 0.3 is 5.97 Å². The van der Waals surface area contributed by atoms with Crippen LogP contribution in [0.25, 0.3) is 0 Å². The van der Waals surface area contributed by atoms with Gasteiger partial charge in [0.15, 0.2) is 0 Å². The van der Waals surface area contributed by atoms with E-state index in [2.05, 4.69) is 0 Å². The third-order valence-electron chi connectivity index (χ3n) is 4.42. The van der Waals surface area contributed by atoms with Gasteiger partial charge in [0.05, 0.1) is 18.6 Å². The fourth-order valence-electron chi connectivity index (χ4n) is 3.10. The number of esters is 1. The van der Waals surface area contributed by atoms with Crippen LogP contribution >= 0.6 is 0 Å². The smallest absolute Gasteiger partial charge is 0.324 e. The molecular weight excluding hydrogens is 354 g/mol. The van der Waals surface area contributed by atoms with Crippen LogP contribution in [-0.2, 0) is 32.5 Å². The summed E-state index contributed by atoms with van der Waals surface area (Å²) in [6.07, 6.45) is 0.291. The second-order valence-electron chi connectivity index (χ2n) is 5.97. The predicted octanol–water partition coefficient (Wildman–Crippen LogP) is 2.37. The molecule has 0 aliphatic carbocycles. The summed E-state index contributed by atoms with van der Waals surface area (Å²) in [5, 5.41) is 0. The number of carbonyl (C=O) groups excluding carboxylic acids is 1. The van der Waals surface area contributed by atoms with Gasteiger partial charge in [0.25, 0.3) is 0 Å². The monoisotopic (exact) mass is 375 g/mol. The normalized spacial score (nSPS) is 17.4. The van der Waals surface area contributed by atoms with Gasteiger partial charge in [-0.3, -0.25) is 4.79 Å². The topological polar surface area (TPSA) is 72.9 Å². The molecule has 0 bridgehead atoms.